The summed E-state index contributed by atoms with van der Waals surface area (Å²) in [7, 11) is 0. The summed E-state index contributed by atoms with van der Waals surface area (Å²) in [4.78, 5) is 0. The monoisotopic (exact) mass is 292 g/mol. The van der Waals surface area contributed by atoms with Crippen LogP contribution < -0.4 is 0 Å². The Balaban J connectivity index is 0.00000116. The van der Waals surface area contributed by atoms with Gasteiger partial charge in [-0.1, -0.05) is 86.7 Å². The summed E-state index contributed by atoms with van der Waals surface area (Å²) >= 11 is 0. The van der Waals surface area contributed by atoms with Crippen LogP contribution in [-0.2, 0) is 0 Å². The molecule has 0 bridgehead atoms. The van der Waals surface area contributed by atoms with E-state index in [1.165, 1.54) is 22.3 Å². The summed E-state index contributed by atoms with van der Waals surface area (Å²) < 4.78 is 0. The topological polar surface area (TPSA) is 0 Å². The van der Waals surface area contributed by atoms with Crippen LogP contribution in [0, 0.1) is 6.92 Å². The first-order valence-corrected chi connectivity index (χ1v) is 8.06. The van der Waals surface area contributed by atoms with Crippen LogP contribution in [-0.4, -0.2) is 0 Å². The Hall–Kier alpha value is -2.08. The lowest BCUT2D eigenvalue weighted by Crippen LogP contribution is -1.95. The van der Waals surface area contributed by atoms with E-state index in [1.54, 1.807) is 0 Å². The average molecular weight is 292 g/mol. The lowest BCUT2D eigenvalue weighted by molar-refractivity contribution is 0.995. The maximum atomic E-state index is 4.13. The highest BCUT2D eigenvalue weighted by Crippen LogP contribution is 2.29. The minimum atomic E-state index is 1.05. The highest BCUT2D eigenvalue weighted by atomic mass is 14.1. The van der Waals surface area contributed by atoms with Gasteiger partial charge in [0.1, 0.15) is 0 Å². The van der Waals surface area contributed by atoms with Gasteiger partial charge in [-0.05, 0) is 49.0 Å². The summed E-state index contributed by atoms with van der Waals surface area (Å²) in [6, 6.07) is 8.75. The van der Waals surface area contributed by atoms with Crippen molar-refractivity contribution < 1.29 is 0 Å². The molecule has 1 aromatic rings. The van der Waals surface area contributed by atoms with Gasteiger partial charge in [-0.3, -0.25) is 0 Å². The van der Waals surface area contributed by atoms with Crippen LogP contribution >= 0.6 is 0 Å². The van der Waals surface area contributed by atoms with Gasteiger partial charge in [-0.2, -0.15) is 0 Å². The zero-order valence-electron chi connectivity index (χ0n) is 14.4. The lowest BCUT2D eigenvalue weighted by atomic mass is 9.90. The van der Waals surface area contributed by atoms with Crippen molar-refractivity contribution in [3.8, 4) is 0 Å². The van der Waals surface area contributed by atoms with Crippen molar-refractivity contribution in [1.82, 2.24) is 0 Å². The molecule has 0 amide bonds. The summed E-state index contributed by atoms with van der Waals surface area (Å²) in [5.41, 5.74) is 7.50. The molecule has 0 saturated carbocycles. The molecule has 22 heavy (non-hydrogen) atoms. The Labute approximate surface area is 136 Å². The number of rotatable bonds is 4. The molecule has 0 heteroatoms. The number of hydrogen-bond acceptors (Lipinski definition) is 0. The van der Waals surface area contributed by atoms with Gasteiger partial charge in [-0.25, -0.2) is 0 Å². The Bertz CT molecular complexity index is 604. The third-order valence-corrected chi connectivity index (χ3v) is 3.55. The summed E-state index contributed by atoms with van der Waals surface area (Å²) in [5, 5.41) is 0. The number of allylic oxidation sites excluding steroid dienone is 8. The molecule has 0 heterocycles. The third kappa shape index (κ3) is 5.37. The number of benzene rings is 1. The van der Waals surface area contributed by atoms with E-state index < -0.39 is 0 Å². The molecule has 1 aliphatic rings. The van der Waals surface area contributed by atoms with Crippen molar-refractivity contribution in [3.05, 3.63) is 89.6 Å². The highest BCUT2D eigenvalue weighted by Gasteiger charge is 2.09. The van der Waals surface area contributed by atoms with Gasteiger partial charge in [-0.15, -0.1) is 0 Å². The minimum Gasteiger partial charge on any atom is -0.0961 e. The molecule has 0 nitrogen and oxygen atoms in total. The van der Waals surface area contributed by atoms with Crippen LogP contribution in [0.25, 0.3) is 5.57 Å². The average Bonchev–Trinajstić information content (AvgIpc) is 2.55. The van der Waals surface area contributed by atoms with Gasteiger partial charge in [0.25, 0.3) is 0 Å². The molecule has 1 aromatic carbocycles. The van der Waals surface area contributed by atoms with E-state index in [-0.39, 0.29) is 0 Å². The highest BCUT2D eigenvalue weighted by molar-refractivity contribution is 5.70. The molecule has 2 rings (SSSR count). The molecule has 116 valence electrons. The fourth-order valence-corrected chi connectivity index (χ4v) is 2.26. The van der Waals surface area contributed by atoms with Crippen LogP contribution in [0.4, 0.5) is 0 Å². The van der Waals surface area contributed by atoms with E-state index in [9.17, 15) is 0 Å². The zero-order chi connectivity index (χ0) is 16.5. The van der Waals surface area contributed by atoms with Crippen molar-refractivity contribution in [2.24, 2.45) is 0 Å². The largest absolute Gasteiger partial charge is 0.0961 e. The summed E-state index contributed by atoms with van der Waals surface area (Å²) in [5.74, 6) is 0. The van der Waals surface area contributed by atoms with Crippen LogP contribution in [0.1, 0.15) is 44.7 Å². The fraction of sp³-hybridized carbons (Fsp3) is 0.273. The van der Waals surface area contributed by atoms with Gasteiger partial charge in [0, 0.05) is 0 Å². The van der Waals surface area contributed by atoms with Gasteiger partial charge in [0.2, 0.25) is 0 Å². The molecule has 0 radical (unpaired) electrons. The van der Waals surface area contributed by atoms with Gasteiger partial charge >= 0.3 is 0 Å². The Morgan fingerprint density at radius 2 is 1.59 bits per heavy atom. The maximum absolute atomic E-state index is 4.13. The van der Waals surface area contributed by atoms with E-state index in [0.29, 0.717) is 0 Å². The molecule has 0 spiro atoms. The Kier molecular flexibility index (Phi) is 7.39. The first kappa shape index (κ1) is 18.0. The second-order valence-electron chi connectivity index (χ2n) is 5.45. The second-order valence-corrected chi connectivity index (χ2v) is 5.45. The van der Waals surface area contributed by atoms with E-state index in [2.05, 4.69) is 62.6 Å². The van der Waals surface area contributed by atoms with Crippen molar-refractivity contribution in [1.29, 1.82) is 0 Å². The predicted molar refractivity (Wildman–Crippen MR) is 101 cm³/mol. The third-order valence-electron chi connectivity index (χ3n) is 3.55. The van der Waals surface area contributed by atoms with E-state index in [0.717, 1.165) is 24.0 Å². The van der Waals surface area contributed by atoms with E-state index in [1.807, 2.05) is 26.8 Å². The van der Waals surface area contributed by atoms with Crippen LogP contribution in [0.5, 0.6) is 0 Å². The molecule has 0 N–H and O–H groups in total. The molecule has 0 aromatic heterocycles. The number of aryl methyl sites for hydroxylation is 1. The summed E-state index contributed by atoms with van der Waals surface area (Å²) in [6.07, 6.45) is 10.6. The standard InChI is InChI=1S/C20H22.C2H6/c1-15(2)5-8-17(4)18-11-13-20(14-12-18)19-9-6-16(3)7-10-19;1-2/h5-11,13H,1,4,12,14H2,2-3H3;1-2H3/b8-5-;. The second kappa shape index (κ2) is 9.04. The quantitative estimate of drug-likeness (QED) is 0.534. The van der Waals surface area contributed by atoms with Crippen LogP contribution in [0.15, 0.2) is 78.4 Å². The molecular weight excluding hydrogens is 264 g/mol. The van der Waals surface area contributed by atoms with E-state index in [4.69, 9.17) is 0 Å². The fourth-order valence-electron chi connectivity index (χ4n) is 2.26. The summed E-state index contributed by atoms with van der Waals surface area (Å²) in [6.45, 7) is 16.1. The molecular formula is C22H28. The maximum Gasteiger partial charge on any atom is -0.0224 e. The lowest BCUT2D eigenvalue weighted by Gasteiger charge is -2.15. The van der Waals surface area contributed by atoms with Crippen LogP contribution in [0.2, 0.25) is 0 Å². The van der Waals surface area contributed by atoms with Gasteiger partial charge < -0.3 is 0 Å². The smallest absolute Gasteiger partial charge is 0.0224 e. The molecule has 0 saturated heterocycles. The van der Waals surface area contributed by atoms with Gasteiger partial charge in [0.05, 0.1) is 0 Å². The molecule has 0 unspecified atom stereocenters. The van der Waals surface area contributed by atoms with Crippen molar-refractivity contribution in [3.63, 3.8) is 0 Å². The first-order chi connectivity index (χ1) is 10.6. The molecule has 0 atom stereocenters. The first-order valence-electron chi connectivity index (χ1n) is 8.06. The normalized spacial score (nSPS) is 13.8. The molecule has 0 fully saturated rings. The van der Waals surface area contributed by atoms with Crippen molar-refractivity contribution in [2.45, 2.75) is 40.5 Å². The zero-order valence-corrected chi connectivity index (χ0v) is 14.4. The Morgan fingerprint density at radius 1 is 0.955 bits per heavy atom. The van der Waals surface area contributed by atoms with Gasteiger partial charge in [0.15, 0.2) is 0 Å². The van der Waals surface area contributed by atoms with Crippen LogP contribution in [0.3, 0.4) is 0 Å². The SMILES string of the molecule is C=C(C)/C=C\C(=C)C1=CC=C(c2ccc(C)cc2)CC1.CC. The Morgan fingerprint density at radius 3 is 2.09 bits per heavy atom. The van der Waals surface area contributed by atoms with Crippen molar-refractivity contribution >= 4 is 5.57 Å². The minimum absolute atomic E-state index is 1.05. The number of hydrogen-bond donors (Lipinski definition) is 0. The van der Waals surface area contributed by atoms with Crippen molar-refractivity contribution in [2.75, 3.05) is 0 Å². The molecule has 0 aliphatic heterocycles. The van der Waals surface area contributed by atoms with E-state index >= 15 is 0 Å². The predicted octanol–water partition coefficient (Wildman–Crippen LogP) is 6.81. The molecule has 1 aliphatic carbocycles.